The van der Waals surface area contributed by atoms with Crippen LogP contribution in [0.5, 0.6) is 0 Å². The quantitative estimate of drug-likeness (QED) is 0.850. The molecule has 4 heteroatoms. The molecule has 0 bridgehead atoms. The molecule has 3 nitrogen and oxygen atoms in total. The van der Waals surface area contributed by atoms with Gasteiger partial charge in [-0.1, -0.05) is 24.3 Å². The van der Waals surface area contributed by atoms with E-state index < -0.39 is 0 Å². The van der Waals surface area contributed by atoms with E-state index >= 15 is 0 Å². The molecule has 124 valence electrons. The van der Waals surface area contributed by atoms with Gasteiger partial charge in [0.2, 0.25) is 0 Å². The molecule has 1 aliphatic rings. The molecule has 3 rings (SSSR count). The number of likely N-dealkylation sites (tertiary alicyclic amines) is 1. The molecule has 1 aliphatic heterocycles. The van der Waals surface area contributed by atoms with Crippen LogP contribution in [0.2, 0.25) is 0 Å². The van der Waals surface area contributed by atoms with Crippen molar-refractivity contribution in [1.29, 1.82) is 0 Å². The molecule has 1 fully saturated rings. The third kappa shape index (κ3) is 4.64. The first-order valence-electron chi connectivity index (χ1n) is 8.45. The Morgan fingerprint density at radius 2 is 1.96 bits per heavy atom. The molecule has 0 amide bonds. The van der Waals surface area contributed by atoms with E-state index in [0.717, 1.165) is 39.0 Å². The van der Waals surface area contributed by atoms with Gasteiger partial charge in [0.1, 0.15) is 0 Å². The molecular weight excluding hydrogens is 304 g/mol. The second-order valence-corrected chi connectivity index (χ2v) is 7.22. The predicted molar refractivity (Wildman–Crippen MR) is 96.5 cm³/mol. The first-order valence-corrected chi connectivity index (χ1v) is 9.39. The molecule has 1 saturated heterocycles. The highest BCUT2D eigenvalue weighted by molar-refractivity contribution is 7.07. The van der Waals surface area contributed by atoms with Gasteiger partial charge in [0.25, 0.3) is 0 Å². The standard InChI is InChI=1S/C19H26N2OS/c1-15(18-8-11-23-14-18)20-12-16-4-2-3-5-17(16)13-21-9-6-19(22)7-10-21/h2-5,8,11,14-15,19-20,22H,6-7,9-10,12-13H2,1H3. The third-order valence-electron chi connectivity index (χ3n) is 4.71. The largest absolute Gasteiger partial charge is 0.393 e. The van der Waals surface area contributed by atoms with Crippen LogP contribution in [-0.2, 0) is 13.1 Å². The second-order valence-electron chi connectivity index (χ2n) is 6.44. The van der Waals surface area contributed by atoms with E-state index in [4.69, 9.17) is 0 Å². The number of aliphatic hydroxyl groups is 1. The van der Waals surface area contributed by atoms with Gasteiger partial charge in [-0.2, -0.15) is 11.3 Å². The number of hydrogen-bond acceptors (Lipinski definition) is 4. The number of nitrogens with zero attached hydrogens (tertiary/aromatic N) is 1. The molecule has 1 atom stereocenters. The summed E-state index contributed by atoms with van der Waals surface area (Å²) in [5.41, 5.74) is 4.13. The summed E-state index contributed by atoms with van der Waals surface area (Å²) in [4.78, 5) is 2.45. The van der Waals surface area contributed by atoms with Crippen LogP contribution >= 0.6 is 11.3 Å². The number of aliphatic hydroxyl groups excluding tert-OH is 1. The number of piperidine rings is 1. The lowest BCUT2D eigenvalue weighted by Gasteiger charge is -2.30. The van der Waals surface area contributed by atoms with Crippen molar-refractivity contribution in [2.24, 2.45) is 0 Å². The highest BCUT2D eigenvalue weighted by atomic mass is 32.1. The van der Waals surface area contributed by atoms with Crippen LogP contribution in [0, 0.1) is 0 Å². The number of benzene rings is 1. The van der Waals surface area contributed by atoms with E-state index in [1.54, 1.807) is 11.3 Å². The first-order chi connectivity index (χ1) is 11.2. The zero-order chi connectivity index (χ0) is 16.1. The van der Waals surface area contributed by atoms with Crippen molar-refractivity contribution in [3.63, 3.8) is 0 Å². The van der Waals surface area contributed by atoms with Crippen LogP contribution in [0.3, 0.4) is 0 Å². The number of thiophene rings is 1. The Kier molecular flexibility index (Phi) is 5.84. The molecule has 1 unspecified atom stereocenters. The van der Waals surface area contributed by atoms with Crippen molar-refractivity contribution < 1.29 is 5.11 Å². The summed E-state index contributed by atoms with van der Waals surface area (Å²) in [6, 6.07) is 11.3. The summed E-state index contributed by atoms with van der Waals surface area (Å²) >= 11 is 1.75. The van der Waals surface area contributed by atoms with Crippen LogP contribution in [-0.4, -0.2) is 29.2 Å². The summed E-state index contributed by atoms with van der Waals surface area (Å²) in [5, 5.41) is 17.6. The van der Waals surface area contributed by atoms with Crippen LogP contribution in [0.25, 0.3) is 0 Å². The maximum Gasteiger partial charge on any atom is 0.0564 e. The molecule has 0 radical (unpaired) electrons. The highest BCUT2D eigenvalue weighted by Crippen LogP contribution is 2.19. The topological polar surface area (TPSA) is 35.5 Å². The molecule has 2 heterocycles. The van der Waals surface area contributed by atoms with Crippen LogP contribution in [0.15, 0.2) is 41.1 Å². The summed E-state index contributed by atoms with van der Waals surface area (Å²) in [6.07, 6.45) is 1.69. The van der Waals surface area contributed by atoms with E-state index in [0.29, 0.717) is 6.04 Å². The Morgan fingerprint density at radius 3 is 2.65 bits per heavy atom. The molecular formula is C19H26N2OS. The normalized spacial score (nSPS) is 18.2. The summed E-state index contributed by atoms with van der Waals surface area (Å²) < 4.78 is 0. The fraction of sp³-hybridized carbons (Fsp3) is 0.474. The smallest absolute Gasteiger partial charge is 0.0564 e. The molecule has 1 aromatic carbocycles. The summed E-state index contributed by atoms with van der Waals surface area (Å²) in [7, 11) is 0. The molecule has 0 aliphatic carbocycles. The van der Waals surface area contributed by atoms with Gasteiger partial charge >= 0.3 is 0 Å². The molecule has 2 aromatic rings. The zero-order valence-corrected chi connectivity index (χ0v) is 14.6. The predicted octanol–water partition coefficient (Wildman–Crippen LogP) is 3.56. The van der Waals surface area contributed by atoms with Crippen LogP contribution < -0.4 is 5.32 Å². The zero-order valence-electron chi connectivity index (χ0n) is 13.7. The Balaban J connectivity index is 1.59. The van der Waals surface area contributed by atoms with Crippen molar-refractivity contribution >= 4 is 11.3 Å². The molecule has 2 N–H and O–H groups in total. The van der Waals surface area contributed by atoms with E-state index in [9.17, 15) is 5.11 Å². The van der Waals surface area contributed by atoms with Crippen LogP contribution in [0.1, 0.15) is 42.5 Å². The molecule has 0 spiro atoms. The maximum absolute atomic E-state index is 9.65. The fourth-order valence-corrected chi connectivity index (χ4v) is 3.86. The minimum atomic E-state index is -0.102. The third-order valence-corrected chi connectivity index (χ3v) is 5.41. The second kappa shape index (κ2) is 8.06. The van der Waals surface area contributed by atoms with Gasteiger partial charge in [-0.15, -0.1) is 0 Å². The molecule has 1 aromatic heterocycles. The van der Waals surface area contributed by atoms with Crippen molar-refractivity contribution in [3.05, 3.63) is 57.8 Å². The average Bonchev–Trinajstić information content (AvgIpc) is 3.10. The summed E-state index contributed by atoms with van der Waals surface area (Å²) in [6.45, 7) is 6.08. The van der Waals surface area contributed by atoms with Gasteiger partial charge in [-0.3, -0.25) is 4.90 Å². The fourth-order valence-electron chi connectivity index (χ4n) is 3.10. The van der Waals surface area contributed by atoms with Crippen molar-refractivity contribution in [2.45, 2.75) is 45.0 Å². The van der Waals surface area contributed by atoms with E-state index in [-0.39, 0.29) is 6.10 Å². The maximum atomic E-state index is 9.65. The summed E-state index contributed by atoms with van der Waals surface area (Å²) in [5.74, 6) is 0. The monoisotopic (exact) mass is 330 g/mol. The molecule has 23 heavy (non-hydrogen) atoms. The SMILES string of the molecule is CC(NCc1ccccc1CN1CCC(O)CC1)c1ccsc1. The van der Waals surface area contributed by atoms with Crippen LogP contribution in [0.4, 0.5) is 0 Å². The van der Waals surface area contributed by atoms with Gasteiger partial charge in [0, 0.05) is 32.2 Å². The lowest BCUT2D eigenvalue weighted by Crippen LogP contribution is -2.35. The van der Waals surface area contributed by atoms with Gasteiger partial charge in [-0.05, 0) is 53.3 Å². The van der Waals surface area contributed by atoms with Gasteiger partial charge in [0.05, 0.1) is 6.10 Å². The van der Waals surface area contributed by atoms with Crippen molar-refractivity contribution in [2.75, 3.05) is 13.1 Å². The Bertz CT molecular complexity index is 591. The van der Waals surface area contributed by atoms with Crippen molar-refractivity contribution in [1.82, 2.24) is 10.2 Å². The van der Waals surface area contributed by atoms with E-state index in [1.165, 1.54) is 16.7 Å². The number of nitrogens with one attached hydrogen (secondary N) is 1. The van der Waals surface area contributed by atoms with Gasteiger partial charge in [0.15, 0.2) is 0 Å². The number of hydrogen-bond donors (Lipinski definition) is 2. The highest BCUT2D eigenvalue weighted by Gasteiger charge is 2.17. The Hall–Kier alpha value is -1.20. The van der Waals surface area contributed by atoms with E-state index in [1.807, 2.05) is 0 Å². The number of rotatable bonds is 6. The lowest BCUT2D eigenvalue weighted by atomic mass is 10.0. The van der Waals surface area contributed by atoms with E-state index in [2.05, 4.69) is 58.2 Å². The Labute approximate surface area is 143 Å². The molecule has 0 saturated carbocycles. The van der Waals surface area contributed by atoms with Gasteiger partial charge in [-0.25, -0.2) is 0 Å². The van der Waals surface area contributed by atoms with Crippen molar-refractivity contribution in [3.8, 4) is 0 Å². The Morgan fingerprint density at radius 1 is 1.22 bits per heavy atom. The minimum Gasteiger partial charge on any atom is -0.393 e. The average molecular weight is 330 g/mol. The first kappa shape index (κ1) is 16.7. The lowest BCUT2D eigenvalue weighted by molar-refractivity contribution is 0.0791. The minimum absolute atomic E-state index is 0.102. The van der Waals surface area contributed by atoms with Gasteiger partial charge < -0.3 is 10.4 Å².